The molecule has 0 bridgehead atoms. The highest BCUT2D eigenvalue weighted by Crippen LogP contribution is 2.46. The van der Waals surface area contributed by atoms with Crippen LogP contribution in [0.4, 0.5) is 0 Å². The average molecular weight is 1300 g/mol. The zero-order chi connectivity index (χ0) is 70.3. The highest BCUT2D eigenvalue weighted by atomic mass is 14.7. The van der Waals surface area contributed by atoms with Crippen molar-refractivity contribution < 1.29 is 0 Å². The molecule has 6 aliphatic rings. The fourth-order valence-electron chi connectivity index (χ4n) is 15.9. The zero-order valence-corrected chi connectivity index (χ0v) is 62.3. The van der Waals surface area contributed by atoms with Crippen molar-refractivity contribution >= 4 is 0 Å². The first-order valence-corrected chi connectivity index (χ1v) is 35.3. The van der Waals surface area contributed by atoms with Crippen LogP contribution >= 0.6 is 0 Å². The van der Waals surface area contributed by atoms with Crippen molar-refractivity contribution in [1.82, 2.24) is 39.9 Å². The topological polar surface area (TPSA) is 103 Å². The van der Waals surface area contributed by atoms with Gasteiger partial charge in [0.15, 0.2) is 0 Å². The number of benzene rings is 4. The van der Waals surface area contributed by atoms with E-state index in [9.17, 15) is 0 Å². The van der Waals surface area contributed by atoms with E-state index in [0.29, 0.717) is 0 Å². The summed E-state index contributed by atoms with van der Waals surface area (Å²) in [6, 6.07) is 26.4. The molecule has 0 N–H and O–H groups in total. The summed E-state index contributed by atoms with van der Waals surface area (Å²) in [7, 11) is 0. The largest absolute Gasteiger partial charge is 0.261 e. The first-order valence-electron chi connectivity index (χ1n) is 35.3. The van der Waals surface area contributed by atoms with E-state index < -0.39 is 0 Å². The number of nitrogens with zero attached hydrogens (tertiary/aromatic N) is 8. The molecule has 498 valence electrons. The Bertz CT molecular complexity index is 5260. The molecule has 99 heavy (non-hydrogen) atoms. The SMILES string of the molecule is Cc1cc(C)c2c(c1)-c1cnc(C)c(C)c1C2.Cc1cc2c(cc1C)-c1cnc(C)c(C)c1C2.Cc1ccc(C)c2c1Cc1c-2cnc(C)c1C.Cc1ccc2c(c1C)Cc1c-2cnc(C)c1C.Cc1nc(C)c2c(c1C)Cc1ncccc1-2.Cc1ncc2c(c1C)Cc1ncccc1-2. The zero-order valence-electron chi connectivity index (χ0n) is 62.3. The van der Waals surface area contributed by atoms with Crippen LogP contribution in [0.3, 0.4) is 0 Å². The summed E-state index contributed by atoms with van der Waals surface area (Å²) in [5, 5.41) is 0. The minimum Gasteiger partial charge on any atom is -0.261 e. The first-order chi connectivity index (χ1) is 47.3. The Balaban J connectivity index is 0.000000107. The third-order valence-corrected chi connectivity index (χ3v) is 23.1. The van der Waals surface area contributed by atoms with Gasteiger partial charge in [0.2, 0.25) is 0 Å². The standard InChI is InChI=1S/4C16H17N.C14H14N2.C13H12N2/c1-9-5-13-7-14-11(3)12(4)17-8-16(14)15(13)6-10(9)2;1-9-5-10(2)13-7-14-11(3)12(4)17-8-16(14)15(13)6-9;1-9-5-6-13-14(10(9)2)7-15-11(3)12(4)17-8-16(13)15;1-9-5-6-10(2)16-13(9)7-14-11(3)12(4)17-8-15(14)16;1-8-9(2)16-10(3)14-11-5-4-6-15-13(11)7-12(8)14;1-8-9(2)15-7-12-10-4-3-5-14-13(10)6-11(8)12/h4*5-6,8H,7H2,1-4H3;4-6H,7H2,1-3H3;3-5,7H,6H2,1-2H3. The van der Waals surface area contributed by atoms with Crippen molar-refractivity contribution in [1.29, 1.82) is 0 Å². The molecule has 0 spiro atoms. The number of rotatable bonds is 0. The average Bonchev–Trinajstić information content (AvgIpc) is 1.75. The van der Waals surface area contributed by atoms with Crippen LogP contribution in [-0.2, 0) is 38.5 Å². The van der Waals surface area contributed by atoms with E-state index in [1.165, 1.54) is 212 Å². The van der Waals surface area contributed by atoms with E-state index >= 15 is 0 Å². The lowest BCUT2D eigenvalue weighted by atomic mass is 9.98. The minimum absolute atomic E-state index is 0.959. The normalized spacial score (nSPS) is 12.5. The van der Waals surface area contributed by atoms with Crippen molar-refractivity contribution in [3.63, 3.8) is 0 Å². The van der Waals surface area contributed by atoms with E-state index in [-0.39, 0.29) is 0 Å². The van der Waals surface area contributed by atoms with Crippen LogP contribution in [0.1, 0.15) is 185 Å². The maximum absolute atomic E-state index is 4.62. The molecule has 0 unspecified atom stereocenters. The van der Waals surface area contributed by atoms with Crippen molar-refractivity contribution in [3.05, 3.63) is 301 Å². The van der Waals surface area contributed by atoms with Gasteiger partial charge < -0.3 is 0 Å². The minimum atomic E-state index is 0.959. The number of aromatic nitrogens is 8. The predicted molar refractivity (Wildman–Crippen MR) is 410 cm³/mol. The number of hydrogen-bond donors (Lipinski definition) is 0. The van der Waals surface area contributed by atoms with E-state index in [4.69, 9.17) is 0 Å². The molecule has 12 aromatic rings. The Kier molecular flexibility index (Phi) is 18.3. The van der Waals surface area contributed by atoms with Crippen LogP contribution in [0, 0.1) is 145 Å². The molecular weight excluding hydrogens is 1210 g/mol. The van der Waals surface area contributed by atoms with Gasteiger partial charge in [-0.15, -0.1) is 0 Å². The van der Waals surface area contributed by atoms with Gasteiger partial charge in [-0.05, 0) is 333 Å². The molecule has 4 aromatic carbocycles. The van der Waals surface area contributed by atoms with Gasteiger partial charge in [-0.1, -0.05) is 66.2 Å². The molecule has 0 saturated heterocycles. The maximum atomic E-state index is 4.62. The van der Waals surface area contributed by atoms with Crippen LogP contribution in [-0.4, -0.2) is 39.9 Å². The smallest absolute Gasteiger partial charge is 0.0526 e. The Hall–Kier alpha value is -9.92. The van der Waals surface area contributed by atoms with Gasteiger partial charge in [-0.25, -0.2) is 0 Å². The second kappa shape index (κ2) is 26.7. The van der Waals surface area contributed by atoms with Crippen LogP contribution in [0.15, 0.2) is 116 Å². The maximum Gasteiger partial charge on any atom is 0.0526 e. The summed E-state index contributed by atoms with van der Waals surface area (Å²) in [6.07, 6.45) is 20.1. The van der Waals surface area contributed by atoms with Crippen LogP contribution in [0.2, 0.25) is 0 Å². The molecule has 0 amide bonds. The molecule has 0 fully saturated rings. The summed E-state index contributed by atoms with van der Waals surface area (Å²) in [5.41, 5.74) is 60.3. The molecule has 8 aromatic heterocycles. The third kappa shape index (κ3) is 12.2. The lowest BCUT2D eigenvalue weighted by molar-refractivity contribution is 1.05. The monoisotopic (exact) mass is 1300 g/mol. The van der Waals surface area contributed by atoms with Gasteiger partial charge in [-0.2, -0.15) is 0 Å². The Morgan fingerprint density at radius 1 is 0.232 bits per heavy atom. The van der Waals surface area contributed by atoms with E-state index in [1.54, 1.807) is 0 Å². The highest BCUT2D eigenvalue weighted by Gasteiger charge is 2.29. The Morgan fingerprint density at radius 3 is 1.25 bits per heavy atom. The quantitative estimate of drug-likeness (QED) is 0.148. The molecule has 8 heterocycles. The van der Waals surface area contributed by atoms with Gasteiger partial charge in [0.25, 0.3) is 0 Å². The molecule has 6 aliphatic carbocycles. The van der Waals surface area contributed by atoms with Crippen molar-refractivity contribution in [3.8, 4) is 66.8 Å². The predicted octanol–water partition coefficient (Wildman–Crippen LogP) is 21.2. The number of hydrogen-bond acceptors (Lipinski definition) is 8. The fraction of sp³-hybridized carbons (Fsp3) is 0.297. The van der Waals surface area contributed by atoms with Crippen molar-refractivity contribution in [2.45, 2.75) is 184 Å². The highest BCUT2D eigenvalue weighted by molar-refractivity contribution is 5.84. The lowest BCUT2D eigenvalue weighted by Gasteiger charge is -2.10. The van der Waals surface area contributed by atoms with E-state index in [2.05, 4.69) is 252 Å². The second-order valence-electron chi connectivity index (χ2n) is 28.9. The molecule has 8 heteroatoms. The van der Waals surface area contributed by atoms with Gasteiger partial charge in [-0.3, -0.25) is 39.9 Å². The molecule has 18 rings (SSSR count). The Morgan fingerprint density at radius 2 is 0.657 bits per heavy atom. The van der Waals surface area contributed by atoms with Gasteiger partial charge in [0, 0.05) is 141 Å². The third-order valence-electron chi connectivity index (χ3n) is 23.1. The number of aryl methyl sites for hydroxylation is 14. The lowest BCUT2D eigenvalue weighted by Crippen LogP contribution is -1.97. The molecular formula is C91H94N8. The van der Waals surface area contributed by atoms with Crippen molar-refractivity contribution in [2.24, 2.45) is 0 Å². The summed E-state index contributed by atoms with van der Waals surface area (Å²) >= 11 is 0. The molecule has 0 aliphatic heterocycles. The number of pyridine rings is 8. The van der Waals surface area contributed by atoms with Crippen LogP contribution in [0.25, 0.3) is 66.8 Å². The molecule has 0 radical (unpaired) electrons. The van der Waals surface area contributed by atoms with Crippen LogP contribution in [0.5, 0.6) is 0 Å². The summed E-state index contributed by atoms with van der Waals surface area (Å²) in [5.74, 6) is 0. The van der Waals surface area contributed by atoms with Gasteiger partial charge in [0.05, 0.1) is 11.4 Å². The van der Waals surface area contributed by atoms with Crippen LogP contribution < -0.4 is 0 Å². The van der Waals surface area contributed by atoms with Gasteiger partial charge in [0.1, 0.15) is 0 Å². The number of fused-ring (bicyclic) bond motifs is 18. The van der Waals surface area contributed by atoms with E-state index in [1.807, 2.05) is 49.3 Å². The molecule has 0 atom stereocenters. The Labute approximate surface area is 588 Å². The second-order valence-corrected chi connectivity index (χ2v) is 28.9. The summed E-state index contributed by atoms with van der Waals surface area (Å²) in [4.78, 5) is 35.9. The van der Waals surface area contributed by atoms with Crippen molar-refractivity contribution in [2.75, 3.05) is 0 Å². The van der Waals surface area contributed by atoms with Gasteiger partial charge >= 0.3 is 0 Å². The molecule has 8 nitrogen and oxygen atoms in total. The first kappa shape index (κ1) is 67.6. The molecule has 0 saturated carbocycles. The summed E-state index contributed by atoms with van der Waals surface area (Å²) in [6.45, 7) is 45.3. The van der Waals surface area contributed by atoms with E-state index in [0.717, 1.165) is 78.4 Å². The summed E-state index contributed by atoms with van der Waals surface area (Å²) < 4.78 is 0. The fourth-order valence-corrected chi connectivity index (χ4v) is 15.9.